The Kier molecular flexibility index (Phi) is 4.20. The van der Waals surface area contributed by atoms with Gasteiger partial charge < -0.3 is 9.72 Å². The van der Waals surface area contributed by atoms with Crippen molar-refractivity contribution in [2.75, 3.05) is 6.61 Å². The minimum absolute atomic E-state index is 0.133. The third kappa shape index (κ3) is 2.86. The summed E-state index contributed by atoms with van der Waals surface area (Å²) >= 11 is 0. The number of carbonyl (C=O) groups excluding carboxylic acids is 1. The quantitative estimate of drug-likeness (QED) is 0.646. The van der Waals surface area contributed by atoms with Crippen LogP contribution in [-0.2, 0) is 0 Å². The van der Waals surface area contributed by atoms with E-state index >= 15 is 0 Å². The highest BCUT2D eigenvalue weighted by molar-refractivity contribution is 6.11. The number of alkyl halides is 4. The van der Waals surface area contributed by atoms with E-state index in [1.165, 1.54) is 12.1 Å². The average molecular weight is 303 g/mol. The number of rotatable bonds is 6. The van der Waals surface area contributed by atoms with Crippen molar-refractivity contribution in [1.29, 1.82) is 0 Å². The van der Waals surface area contributed by atoms with Gasteiger partial charge in [0.1, 0.15) is 5.75 Å². The van der Waals surface area contributed by atoms with E-state index in [-0.39, 0.29) is 5.39 Å². The molecule has 0 aliphatic rings. The number of fused-ring (bicyclic) bond motifs is 1. The maximum Gasteiger partial charge on any atom is 0.368 e. The maximum atomic E-state index is 13.2. The van der Waals surface area contributed by atoms with Crippen LogP contribution in [0.5, 0.6) is 5.75 Å². The number of nitrogens with one attached hydrogen (secondary N) is 1. The number of aromatic amines is 1. The van der Waals surface area contributed by atoms with Crippen LogP contribution >= 0.6 is 0 Å². The largest absolute Gasteiger partial charge is 0.494 e. The summed E-state index contributed by atoms with van der Waals surface area (Å²) in [6, 6.07) is 4.53. The fourth-order valence-corrected chi connectivity index (χ4v) is 1.88. The van der Waals surface area contributed by atoms with Crippen molar-refractivity contribution in [1.82, 2.24) is 4.98 Å². The third-order valence-electron chi connectivity index (χ3n) is 2.95. The normalized spacial score (nSPS) is 12.1. The van der Waals surface area contributed by atoms with E-state index in [1.807, 2.05) is 6.92 Å². The summed E-state index contributed by atoms with van der Waals surface area (Å²) in [5, 5.41) is 0.133. The zero-order valence-electron chi connectivity index (χ0n) is 11.1. The molecule has 7 heteroatoms. The molecular weight excluding hydrogens is 290 g/mol. The number of halogens is 4. The van der Waals surface area contributed by atoms with Crippen molar-refractivity contribution in [3.05, 3.63) is 30.0 Å². The summed E-state index contributed by atoms with van der Waals surface area (Å²) < 4.78 is 56.3. The van der Waals surface area contributed by atoms with Crippen LogP contribution in [0.4, 0.5) is 17.6 Å². The number of ether oxygens (including phenoxy) is 1. The topological polar surface area (TPSA) is 42.1 Å². The van der Waals surface area contributed by atoms with E-state index in [1.54, 1.807) is 6.07 Å². The lowest BCUT2D eigenvalue weighted by Crippen LogP contribution is -2.36. The van der Waals surface area contributed by atoms with Crippen LogP contribution in [0.25, 0.3) is 10.9 Å². The lowest BCUT2D eigenvalue weighted by Gasteiger charge is -2.13. The summed E-state index contributed by atoms with van der Waals surface area (Å²) in [4.78, 5) is 14.2. The Hall–Kier alpha value is -2.05. The van der Waals surface area contributed by atoms with Gasteiger partial charge in [0.25, 0.3) is 0 Å². The molecule has 0 aliphatic heterocycles. The van der Waals surface area contributed by atoms with E-state index in [4.69, 9.17) is 4.74 Å². The van der Waals surface area contributed by atoms with E-state index < -0.39 is 23.7 Å². The Morgan fingerprint density at radius 2 is 2.10 bits per heavy atom. The molecule has 0 saturated heterocycles. The predicted molar refractivity (Wildman–Crippen MR) is 69.4 cm³/mol. The van der Waals surface area contributed by atoms with E-state index in [9.17, 15) is 22.4 Å². The molecule has 0 fully saturated rings. The smallest absolute Gasteiger partial charge is 0.368 e. The minimum atomic E-state index is -4.71. The summed E-state index contributed by atoms with van der Waals surface area (Å²) in [6.07, 6.45) is -2.29. The van der Waals surface area contributed by atoms with E-state index in [0.717, 1.165) is 12.6 Å². The SMILES string of the molecule is CCCOc1ccc2[nH]cc(C(=O)C(F)(F)C(F)F)c2c1. The van der Waals surface area contributed by atoms with Gasteiger partial charge in [0.05, 0.1) is 6.61 Å². The van der Waals surface area contributed by atoms with Gasteiger partial charge in [-0.05, 0) is 24.6 Å². The van der Waals surface area contributed by atoms with Crippen molar-refractivity contribution in [2.24, 2.45) is 0 Å². The van der Waals surface area contributed by atoms with Gasteiger partial charge >= 0.3 is 12.3 Å². The second kappa shape index (κ2) is 5.75. The molecule has 1 heterocycles. The molecule has 0 amide bonds. The van der Waals surface area contributed by atoms with Crippen LogP contribution in [0.3, 0.4) is 0 Å². The average Bonchev–Trinajstić information content (AvgIpc) is 2.86. The number of benzene rings is 1. The van der Waals surface area contributed by atoms with Gasteiger partial charge in [-0.2, -0.15) is 8.78 Å². The lowest BCUT2D eigenvalue weighted by atomic mass is 10.0. The molecule has 2 rings (SSSR count). The predicted octanol–water partition coefficient (Wildman–Crippen LogP) is 4.04. The van der Waals surface area contributed by atoms with Gasteiger partial charge in [0.15, 0.2) is 0 Å². The van der Waals surface area contributed by atoms with Gasteiger partial charge in [-0.15, -0.1) is 0 Å². The molecule has 114 valence electrons. The summed E-state index contributed by atoms with van der Waals surface area (Å²) in [5.41, 5.74) is -0.0792. The van der Waals surface area contributed by atoms with Gasteiger partial charge in [-0.25, -0.2) is 8.78 Å². The first-order valence-electron chi connectivity index (χ1n) is 6.32. The Morgan fingerprint density at radius 3 is 2.71 bits per heavy atom. The molecule has 0 spiro atoms. The highest BCUT2D eigenvalue weighted by atomic mass is 19.3. The highest BCUT2D eigenvalue weighted by Gasteiger charge is 2.49. The second-order valence-electron chi connectivity index (χ2n) is 4.51. The van der Waals surface area contributed by atoms with E-state index in [2.05, 4.69) is 4.98 Å². The number of H-pyrrole nitrogens is 1. The van der Waals surface area contributed by atoms with Gasteiger partial charge in [0, 0.05) is 22.7 Å². The fraction of sp³-hybridized carbons (Fsp3) is 0.357. The molecule has 0 unspecified atom stereocenters. The molecule has 1 aromatic carbocycles. The summed E-state index contributed by atoms with van der Waals surface area (Å²) in [6.45, 7) is 2.32. The molecule has 0 atom stereocenters. The number of Topliss-reactive ketones (excluding diaryl/α,β-unsaturated/α-hetero) is 1. The van der Waals surface area contributed by atoms with Crippen LogP contribution in [0.15, 0.2) is 24.4 Å². The van der Waals surface area contributed by atoms with Gasteiger partial charge in [-0.1, -0.05) is 6.92 Å². The van der Waals surface area contributed by atoms with Crippen molar-refractivity contribution in [3.63, 3.8) is 0 Å². The monoisotopic (exact) mass is 303 g/mol. The molecule has 1 aromatic heterocycles. The first-order valence-corrected chi connectivity index (χ1v) is 6.32. The maximum absolute atomic E-state index is 13.2. The standard InChI is InChI=1S/C14H13F4NO2/c1-2-5-21-8-3-4-11-9(6-8)10(7-19-11)12(20)14(17,18)13(15)16/h3-4,6-7,13,19H,2,5H2,1H3. The Bertz CT molecular complexity index is 651. The van der Waals surface area contributed by atoms with Crippen LogP contribution in [0, 0.1) is 0 Å². The number of ketones is 1. The van der Waals surface area contributed by atoms with Crippen LogP contribution in [-0.4, -0.2) is 29.7 Å². The molecule has 0 aliphatic carbocycles. The van der Waals surface area contributed by atoms with Crippen molar-refractivity contribution < 1.29 is 27.1 Å². The summed E-state index contributed by atoms with van der Waals surface area (Å²) in [5.74, 6) is -6.23. The highest BCUT2D eigenvalue weighted by Crippen LogP contribution is 2.32. The molecule has 0 radical (unpaired) electrons. The number of hydrogen-bond donors (Lipinski definition) is 1. The molecule has 2 aromatic rings. The second-order valence-corrected chi connectivity index (χ2v) is 4.51. The number of aromatic nitrogens is 1. The zero-order chi connectivity index (χ0) is 15.6. The minimum Gasteiger partial charge on any atom is -0.494 e. The number of hydrogen-bond acceptors (Lipinski definition) is 2. The third-order valence-corrected chi connectivity index (χ3v) is 2.95. The zero-order valence-corrected chi connectivity index (χ0v) is 11.1. The molecule has 1 N–H and O–H groups in total. The van der Waals surface area contributed by atoms with Crippen LogP contribution < -0.4 is 4.74 Å². The molecule has 21 heavy (non-hydrogen) atoms. The Labute approximate surface area is 117 Å². The first kappa shape index (κ1) is 15.3. The molecular formula is C14H13F4NO2. The van der Waals surface area contributed by atoms with Crippen LogP contribution in [0.1, 0.15) is 23.7 Å². The van der Waals surface area contributed by atoms with Crippen LogP contribution in [0.2, 0.25) is 0 Å². The Morgan fingerprint density at radius 1 is 1.38 bits per heavy atom. The van der Waals surface area contributed by atoms with Crippen molar-refractivity contribution in [2.45, 2.75) is 25.7 Å². The fourth-order valence-electron chi connectivity index (χ4n) is 1.88. The first-order chi connectivity index (χ1) is 9.87. The Balaban J connectivity index is 2.42. The summed E-state index contributed by atoms with van der Waals surface area (Å²) in [7, 11) is 0. The molecule has 0 bridgehead atoms. The van der Waals surface area contributed by atoms with Crippen molar-refractivity contribution in [3.8, 4) is 5.75 Å². The molecule has 0 saturated carbocycles. The number of carbonyl (C=O) groups is 1. The lowest BCUT2D eigenvalue weighted by molar-refractivity contribution is -0.0957. The van der Waals surface area contributed by atoms with Gasteiger partial charge in [-0.3, -0.25) is 4.79 Å². The van der Waals surface area contributed by atoms with Gasteiger partial charge in [0.2, 0.25) is 5.78 Å². The van der Waals surface area contributed by atoms with Crippen molar-refractivity contribution >= 4 is 16.7 Å². The van der Waals surface area contributed by atoms with E-state index in [0.29, 0.717) is 17.9 Å². The molecule has 3 nitrogen and oxygen atoms in total.